The fourth-order valence-electron chi connectivity index (χ4n) is 1.90. The number of hydrogen-bond acceptors (Lipinski definition) is 5. The van der Waals surface area contributed by atoms with E-state index in [-0.39, 0.29) is 0 Å². The maximum Gasteiger partial charge on any atom is 0.143 e. The largest absolute Gasteiger partial charge is 0.381 e. The first kappa shape index (κ1) is 10.6. The Balaban J connectivity index is 1.79. The molecule has 6 heteroatoms. The maximum atomic E-state index is 3.88. The molecule has 2 aromatic rings. The lowest BCUT2D eigenvalue weighted by atomic mass is 10.2. The zero-order valence-electron chi connectivity index (χ0n) is 9.28. The number of nitrogens with zero attached hydrogens (tertiary/aromatic N) is 4. The van der Waals surface area contributed by atoms with Crippen LogP contribution in [0.4, 0.5) is 5.69 Å². The lowest BCUT2D eigenvalue weighted by molar-refractivity contribution is 0.787. The number of nitrogens with one attached hydrogen (secondary N) is 1. The van der Waals surface area contributed by atoms with Crippen molar-refractivity contribution in [2.45, 2.75) is 12.5 Å². The summed E-state index contributed by atoms with van der Waals surface area (Å²) in [5.74, 6) is 2.44. The standard InChI is InChI=1S/C11H13N5S/c1-2-9(13-10-4-5-17-7-10)6-11(3-1)16-8-12-14-15-16/h1-3,6,8,10,13H,4-5,7H2. The number of thioether (sulfide) groups is 1. The SMILES string of the molecule is c1cc(NC2CCSC2)cc(-n2cnnn2)c1. The predicted molar refractivity (Wildman–Crippen MR) is 68.5 cm³/mol. The third-order valence-electron chi connectivity index (χ3n) is 2.76. The van der Waals surface area contributed by atoms with E-state index in [4.69, 9.17) is 0 Å². The van der Waals surface area contributed by atoms with Crippen LogP contribution in [-0.4, -0.2) is 37.8 Å². The van der Waals surface area contributed by atoms with Crippen LogP contribution in [0.25, 0.3) is 5.69 Å². The zero-order chi connectivity index (χ0) is 11.5. The Bertz CT molecular complexity index is 478. The van der Waals surface area contributed by atoms with Crippen LogP contribution in [-0.2, 0) is 0 Å². The topological polar surface area (TPSA) is 55.6 Å². The fraction of sp³-hybridized carbons (Fsp3) is 0.364. The second-order valence-corrected chi connectivity index (χ2v) is 5.16. The van der Waals surface area contributed by atoms with E-state index in [0.717, 1.165) is 11.4 Å². The Morgan fingerprint density at radius 3 is 3.18 bits per heavy atom. The van der Waals surface area contributed by atoms with E-state index in [1.54, 1.807) is 11.0 Å². The van der Waals surface area contributed by atoms with Gasteiger partial charge >= 0.3 is 0 Å². The summed E-state index contributed by atoms with van der Waals surface area (Å²) in [4.78, 5) is 0. The zero-order valence-corrected chi connectivity index (χ0v) is 10.1. The van der Waals surface area contributed by atoms with Gasteiger partial charge in [-0.25, -0.2) is 4.68 Å². The van der Waals surface area contributed by atoms with Crippen molar-refractivity contribution in [3.8, 4) is 5.69 Å². The molecule has 1 fully saturated rings. The third kappa shape index (κ3) is 2.41. The minimum atomic E-state index is 0.587. The van der Waals surface area contributed by atoms with Crippen molar-refractivity contribution >= 4 is 17.4 Å². The number of aromatic nitrogens is 4. The monoisotopic (exact) mass is 247 g/mol. The van der Waals surface area contributed by atoms with Crippen LogP contribution in [0.3, 0.4) is 0 Å². The van der Waals surface area contributed by atoms with Gasteiger partial charge < -0.3 is 5.32 Å². The summed E-state index contributed by atoms with van der Waals surface area (Å²) in [6, 6.07) is 8.74. The van der Waals surface area contributed by atoms with Crippen LogP contribution in [0.1, 0.15) is 6.42 Å². The van der Waals surface area contributed by atoms with E-state index in [0.29, 0.717) is 6.04 Å². The molecule has 5 nitrogen and oxygen atoms in total. The molecule has 1 atom stereocenters. The van der Waals surface area contributed by atoms with Crippen LogP contribution >= 0.6 is 11.8 Å². The molecule has 1 aromatic heterocycles. The highest BCUT2D eigenvalue weighted by molar-refractivity contribution is 7.99. The summed E-state index contributed by atoms with van der Waals surface area (Å²) < 4.78 is 1.66. The van der Waals surface area contributed by atoms with E-state index < -0.39 is 0 Å². The van der Waals surface area contributed by atoms with Gasteiger partial charge in [-0.05, 0) is 40.8 Å². The van der Waals surface area contributed by atoms with E-state index >= 15 is 0 Å². The summed E-state index contributed by atoms with van der Waals surface area (Å²) in [5, 5.41) is 14.7. The minimum absolute atomic E-state index is 0.587. The van der Waals surface area contributed by atoms with E-state index in [9.17, 15) is 0 Å². The Labute approximate surface area is 104 Å². The maximum absolute atomic E-state index is 3.88. The van der Waals surface area contributed by atoms with E-state index in [1.165, 1.54) is 17.9 Å². The van der Waals surface area contributed by atoms with Crippen molar-refractivity contribution in [3.63, 3.8) is 0 Å². The highest BCUT2D eigenvalue weighted by Crippen LogP contribution is 2.22. The van der Waals surface area contributed by atoms with Gasteiger partial charge in [-0.1, -0.05) is 6.07 Å². The lowest BCUT2D eigenvalue weighted by Gasteiger charge is -2.13. The van der Waals surface area contributed by atoms with Crippen LogP contribution in [0.5, 0.6) is 0 Å². The van der Waals surface area contributed by atoms with Crippen molar-refractivity contribution in [2.24, 2.45) is 0 Å². The van der Waals surface area contributed by atoms with Gasteiger partial charge in [-0.2, -0.15) is 11.8 Å². The first-order valence-corrected chi connectivity index (χ1v) is 6.75. The third-order valence-corrected chi connectivity index (χ3v) is 3.92. The number of anilines is 1. The van der Waals surface area contributed by atoms with Gasteiger partial charge in [-0.3, -0.25) is 0 Å². The molecule has 1 saturated heterocycles. The highest BCUT2D eigenvalue weighted by Gasteiger charge is 2.14. The van der Waals surface area contributed by atoms with Crippen LogP contribution in [0, 0.1) is 0 Å². The molecule has 17 heavy (non-hydrogen) atoms. The second-order valence-electron chi connectivity index (χ2n) is 4.01. The molecular formula is C11H13N5S. The highest BCUT2D eigenvalue weighted by atomic mass is 32.2. The Morgan fingerprint density at radius 2 is 2.41 bits per heavy atom. The first-order chi connectivity index (χ1) is 8.42. The van der Waals surface area contributed by atoms with Crippen molar-refractivity contribution in [1.29, 1.82) is 0 Å². The Hall–Kier alpha value is -1.56. The van der Waals surface area contributed by atoms with Gasteiger partial charge in [0, 0.05) is 17.5 Å². The predicted octanol–water partition coefficient (Wildman–Crippen LogP) is 1.58. The molecule has 1 aliphatic rings. The molecule has 2 heterocycles. The van der Waals surface area contributed by atoms with Crippen molar-refractivity contribution in [2.75, 3.05) is 16.8 Å². The molecule has 0 aliphatic carbocycles. The molecule has 0 amide bonds. The van der Waals surface area contributed by atoms with Gasteiger partial charge in [0.05, 0.1) is 5.69 Å². The molecule has 88 valence electrons. The second kappa shape index (κ2) is 4.75. The van der Waals surface area contributed by atoms with Crippen molar-refractivity contribution in [3.05, 3.63) is 30.6 Å². The van der Waals surface area contributed by atoms with Gasteiger partial charge in [0.2, 0.25) is 0 Å². The van der Waals surface area contributed by atoms with Gasteiger partial charge in [0.25, 0.3) is 0 Å². The Morgan fingerprint density at radius 1 is 1.41 bits per heavy atom. The molecule has 1 aliphatic heterocycles. The smallest absolute Gasteiger partial charge is 0.143 e. The number of tetrazole rings is 1. The van der Waals surface area contributed by atoms with Gasteiger partial charge in [0.1, 0.15) is 6.33 Å². The number of rotatable bonds is 3. The minimum Gasteiger partial charge on any atom is -0.381 e. The molecule has 3 rings (SSSR count). The quantitative estimate of drug-likeness (QED) is 0.892. The molecular weight excluding hydrogens is 234 g/mol. The molecule has 1 aromatic carbocycles. The lowest BCUT2D eigenvalue weighted by Crippen LogP contribution is -2.18. The van der Waals surface area contributed by atoms with E-state index in [1.807, 2.05) is 23.9 Å². The number of benzene rings is 1. The average molecular weight is 247 g/mol. The molecule has 0 radical (unpaired) electrons. The summed E-state index contributed by atoms with van der Waals surface area (Å²) >= 11 is 2.00. The summed E-state index contributed by atoms with van der Waals surface area (Å²) in [5.41, 5.74) is 2.11. The molecule has 0 spiro atoms. The normalized spacial score (nSPS) is 19.4. The van der Waals surface area contributed by atoms with Crippen LogP contribution in [0.2, 0.25) is 0 Å². The number of hydrogen-bond donors (Lipinski definition) is 1. The van der Waals surface area contributed by atoms with Crippen molar-refractivity contribution in [1.82, 2.24) is 20.2 Å². The fourth-order valence-corrected chi connectivity index (χ4v) is 3.05. The van der Waals surface area contributed by atoms with Crippen molar-refractivity contribution < 1.29 is 0 Å². The van der Waals surface area contributed by atoms with Crippen LogP contribution < -0.4 is 5.32 Å². The molecule has 1 unspecified atom stereocenters. The van der Waals surface area contributed by atoms with Gasteiger partial charge in [-0.15, -0.1) is 5.10 Å². The molecule has 0 bridgehead atoms. The first-order valence-electron chi connectivity index (χ1n) is 5.59. The van der Waals surface area contributed by atoms with E-state index in [2.05, 4.69) is 33.0 Å². The summed E-state index contributed by atoms with van der Waals surface area (Å²) in [6.45, 7) is 0. The summed E-state index contributed by atoms with van der Waals surface area (Å²) in [6.07, 6.45) is 2.84. The van der Waals surface area contributed by atoms with Gasteiger partial charge in [0.15, 0.2) is 0 Å². The molecule has 0 saturated carbocycles. The molecule has 1 N–H and O–H groups in total. The average Bonchev–Trinajstić information content (AvgIpc) is 3.01. The van der Waals surface area contributed by atoms with Crippen LogP contribution in [0.15, 0.2) is 30.6 Å². The Kier molecular flexibility index (Phi) is 2.96. The summed E-state index contributed by atoms with van der Waals surface area (Å²) in [7, 11) is 0.